The zero-order valence-corrected chi connectivity index (χ0v) is 15.0. The van der Waals surface area contributed by atoms with E-state index in [4.69, 9.17) is 9.47 Å². The van der Waals surface area contributed by atoms with Gasteiger partial charge in [0.15, 0.2) is 0 Å². The molecule has 0 bridgehead atoms. The van der Waals surface area contributed by atoms with Crippen molar-refractivity contribution < 1.29 is 22.7 Å². The van der Waals surface area contributed by atoms with Gasteiger partial charge in [-0.15, -0.1) is 0 Å². The molecule has 134 valence electrons. The molecule has 6 nitrogen and oxygen atoms in total. The van der Waals surface area contributed by atoms with Crippen molar-refractivity contribution >= 4 is 16.0 Å². The van der Waals surface area contributed by atoms with Crippen LogP contribution in [0.15, 0.2) is 30.3 Å². The first kappa shape index (κ1) is 18.7. The molecular formula is C17H25NO5S. The van der Waals surface area contributed by atoms with Crippen LogP contribution in [0.3, 0.4) is 0 Å². The molecule has 0 spiro atoms. The number of piperidine rings is 1. The van der Waals surface area contributed by atoms with Crippen LogP contribution < -0.4 is 4.74 Å². The van der Waals surface area contributed by atoms with Crippen molar-refractivity contribution in [3.63, 3.8) is 0 Å². The van der Waals surface area contributed by atoms with Crippen LogP contribution in [0.25, 0.3) is 0 Å². The standard InChI is InChI=1S/C17H25NO5S/c1-3-22-16(19)17(9-12-18(13-10-17)24(2,20)21)11-14-23-15-7-5-4-6-8-15/h4-8H,3,9-14H2,1-2H3. The van der Waals surface area contributed by atoms with Gasteiger partial charge in [0.1, 0.15) is 5.75 Å². The topological polar surface area (TPSA) is 72.9 Å². The number of sulfonamides is 1. The molecule has 0 amide bonds. The number of carbonyl (C=O) groups is 1. The van der Waals surface area contributed by atoms with Gasteiger partial charge in [0.2, 0.25) is 10.0 Å². The Morgan fingerprint density at radius 1 is 1.21 bits per heavy atom. The zero-order chi connectivity index (χ0) is 17.6. The van der Waals surface area contributed by atoms with Gasteiger partial charge in [-0.25, -0.2) is 12.7 Å². The molecule has 1 aromatic carbocycles. The lowest BCUT2D eigenvalue weighted by Crippen LogP contribution is -2.47. The largest absolute Gasteiger partial charge is 0.494 e. The van der Waals surface area contributed by atoms with E-state index in [9.17, 15) is 13.2 Å². The lowest BCUT2D eigenvalue weighted by atomic mass is 9.76. The molecule has 0 N–H and O–H groups in total. The van der Waals surface area contributed by atoms with Gasteiger partial charge < -0.3 is 9.47 Å². The first-order valence-electron chi connectivity index (χ1n) is 8.17. The minimum Gasteiger partial charge on any atom is -0.494 e. The molecule has 0 aromatic heterocycles. The fourth-order valence-electron chi connectivity index (χ4n) is 2.97. The smallest absolute Gasteiger partial charge is 0.312 e. The average molecular weight is 355 g/mol. The summed E-state index contributed by atoms with van der Waals surface area (Å²) in [4.78, 5) is 12.5. The van der Waals surface area contributed by atoms with E-state index < -0.39 is 15.4 Å². The second-order valence-corrected chi connectivity index (χ2v) is 8.06. The van der Waals surface area contributed by atoms with Crippen molar-refractivity contribution in [1.82, 2.24) is 4.31 Å². The van der Waals surface area contributed by atoms with Crippen molar-refractivity contribution in [2.24, 2.45) is 5.41 Å². The number of benzene rings is 1. The summed E-state index contributed by atoms with van der Waals surface area (Å²) in [5, 5.41) is 0. The van der Waals surface area contributed by atoms with Crippen LogP contribution in [0.1, 0.15) is 26.2 Å². The first-order chi connectivity index (χ1) is 11.4. The zero-order valence-electron chi connectivity index (χ0n) is 14.2. The third-order valence-electron chi connectivity index (χ3n) is 4.45. The van der Waals surface area contributed by atoms with Crippen LogP contribution in [-0.2, 0) is 19.6 Å². The Bertz CT molecular complexity index is 636. The van der Waals surface area contributed by atoms with Gasteiger partial charge in [-0.05, 0) is 38.3 Å². The molecule has 7 heteroatoms. The minimum absolute atomic E-state index is 0.255. The van der Waals surface area contributed by atoms with Crippen molar-refractivity contribution in [3.05, 3.63) is 30.3 Å². The van der Waals surface area contributed by atoms with Gasteiger partial charge in [0.25, 0.3) is 0 Å². The van der Waals surface area contributed by atoms with Crippen LogP contribution in [0.2, 0.25) is 0 Å². The molecule has 0 atom stereocenters. The highest BCUT2D eigenvalue weighted by molar-refractivity contribution is 7.88. The highest BCUT2D eigenvalue weighted by atomic mass is 32.2. The number of ether oxygens (including phenoxy) is 2. The molecule has 0 saturated carbocycles. The number of carbonyl (C=O) groups excluding carboxylic acids is 1. The molecule has 1 heterocycles. The van der Waals surface area contributed by atoms with E-state index >= 15 is 0 Å². The molecule has 0 aliphatic carbocycles. The summed E-state index contributed by atoms with van der Waals surface area (Å²) in [6.45, 7) is 3.15. The summed E-state index contributed by atoms with van der Waals surface area (Å²) in [6, 6.07) is 9.42. The first-order valence-corrected chi connectivity index (χ1v) is 10.0. The van der Waals surface area contributed by atoms with E-state index in [2.05, 4.69) is 0 Å². The Morgan fingerprint density at radius 2 is 1.83 bits per heavy atom. The molecule has 0 unspecified atom stereocenters. The fraction of sp³-hybridized carbons (Fsp3) is 0.588. The van der Waals surface area contributed by atoms with Gasteiger partial charge in [0, 0.05) is 13.1 Å². The molecule has 1 saturated heterocycles. The van der Waals surface area contributed by atoms with E-state index in [0.29, 0.717) is 45.6 Å². The summed E-state index contributed by atoms with van der Waals surface area (Å²) < 4.78 is 35.7. The van der Waals surface area contributed by atoms with Gasteiger partial charge >= 0.3 is 5.97 Å². The van der Waals surface area contributed by atoms with E-state index in [-0.39, 0.29) is 5.97 Å². The van der Waals surface area contributed by atoms with Crippen LogP contribution in [0.4, 0.5) is 0 Å². The van der Waals surface area contributed by atoms with E-state index in [0.717, 1.165) is 5.75 Å². The molecule has 1 aromatic rings. The number of esters is 1. The summed E-state index contributed by atoms with van der Waals surface area (Å²) >= 11 is 0. The summed E-state index contributed by atoms with van der Waals surface area (Å²) in [5.74, 6) is 0.500. The fourth-order valence-corrected chi connectivity index (χ4v) is 3.81. The molecular weight excluding hydrogens is 330 g/mol. The number of para-hydroxylation sites is 1. The molecule has 24 heavy (non-hydrogen) atoms. The van der Waals surface area contributed by atoms with Gasteiger partial charge in [0.05, 0.1) is 24.9 Å². The summed E-state index contributed by atoms with van der Waals surface area (Å²) in [6.07, 6.45) is 2.62. The quantitative estimate of drug-likeness (QED) is 0.700. The minimum atomic E-state index is -3.23. The van der Waals surface area contributed by atoms with Crippen molar-refractivity contribution in [3.8, 4) is 5.75 Å². The summed E-state index contributed by atoms with van der Waals surface area (Å²) in [5.41, 5.74) is -0.675. The van der Waals surface area contributed by atoms with E-state index in [1.165, 1.54) is 10.6 Å². The van der Waals surface area contributed by atoms with Crippen molar-refractivity contribution in [1.29, 1.82) is 0 Å². The van der Waals surface area contributed by atoms with Crippen LogP contribution in [-0.4, -0.2) is 51.3 Å². The molecule has 2 rings (SSSR count). The second kappa shape index (κ2) is 7.98. The Balaban J connectivity index is 2.01. The molecule has 1 aliphatic heterocycles. The highest BCUT2D eigenvalue weighted by Crippen LogP contribution is 2.37. The normalized spacial score (nSPS) is 18.1. The second-order valence-electron chi connectivity index (χ2n) is 6.07. The predicted molar refractivity (Wildman–Crippen MR) is 91.3 cm³/mol. The van der Waals surface area contributed by atoms with Crippen LogP contribution in [0, 0.1) is 5.41 Å². The van der Waals surface area contributed by atoms with Gasteiger partial charge in [-0.1, -0.05) is 18.2 Å². The highest BCUT2D eigenvalue weighted by Gasteiger charge is 2.44. The maximum Gasteiger partial charge on any atom is 0.312 e. The Morgan fingerprint density at radius 3 is 2.38 bits per heavy atom. The predicted octanol–water partition coefficient (Wildman–Crippen LogP) is 2.06. The number of rotatable bonds is 7. The monoisotopic (exact) mass is 355 g/mol. The Kier molecular flexibility index (Phi) is 6.23. The van der Waals surface area contributed by atoms with E-state index in [1.54, 1.807) is 6.92 Å². The molecule has 1 aliphatic rings. The van der Waals surface area contributed by atoms with E-state index in [1.807, 2.05) is 30.3 Å². The SMILES string of the molecule is CCOC(=O)C1(CCOc2ccccc2)CCN(S(C)(=O)=O)CC1. The molecule has 0 radical (unpaired) electrons. The maximum absolute atomic E-state index is 12.5. The lowest BCUT2D eigenvalue weighted by Gasteiger charge is -2.38. The van der Waals surface area contributed by atoms with Crippen molar-refractivity contribution in [2.75, 3.05) is 32.6 Å². The maximum atomic E-state index is 12.5. The van der Waals surface area contributed by atoms with Crippen molar-refractivity contribution in [2.45, 2.75) is 26.2 Å². The lowest BCUT2D eigenvalue weighted by molar-refractivity contribution is -0.159. The number of nitrogens with zero attached hydrogens (tertiary/aromatic N) is 1. The molecule has 1 fully saturated rings. The third kappa shape index (κ3) is 4.70. The average Bonchev–Trinajstić information content (AvgIpc) is 2.55. The van der Waals surface area contributed by atoms with Crippen LogP contribution in [0.5, 0.6) is 5.75 Å². The summed E-state index contributed by atoms with van der Waals surface area (Å²) in [7, 11) is -3.23. The van der Waals surface area contributed by atoms with Gasteiger partial charge in [-0.2, -0.15) is 0 Å². The van der Waals surface area contributed by atoms with Gasteiger partial charge in [-0.3, -0.25) is 4.79 Å². The third-order valence-corrected chi connectivity index (χ3v) is 5.75. The number of hydrogen-bond donors (Lipinski definition) is 0. The Labute approximate surface area is 143 Å². The number of hydrogen-bond acceptors (Lipinski definition) is 5. The Hall–Kier alpha value is -1.60. The van der Waals surface area contributed by atoms with Crippen LogP contribution >= 0.6 is 0 Å².